The number of hydrogen-bond donors (Lipinski definition) is 1. The molecule has 0 radical (unpaired) electrons. The standard InChI is InChI=1S/C9H17NO2/c1-7(2)6-12-9(11)8-4-3-5-10-8/h7-8,10H,3-6H2,1-2H3/t8-/m1/s1. The van der Waals surface area contributed by atoms with Gasteiger partial charge in [-0.1, -0.05) is 13.8 Å². The van der Waals surface area contributed by atoms with Gasteiger partial charge in [-0.3, -0.25) is 4.79 Å². The first kappa shape index (κ1) is 9.52. The molecule has 0 bridgehead atoms. The van der Waals surface area contributed by atoms with E-state index < -0.39 is 0 Å². The molecule has 1 atom stereocenters. The molecule has 1 fully saturated rings. The molecule has 1 N–H and O–H groups in total. The molecule has 1 rings (SSSR count). The summed E-state index contributed by atoms with van der Waals surface area (Å²) >= 11 is 0. The fraction of sp³-hybridized carbons (Fsp3) is 0.889. The van der Waals surface area contributed by atoms with Crippen molar-refractivity contribution in [3.8, 4) is 0 Å². The summed E-state index contributed by atoms with van der Waals surface area (Å²) in [6.07, 6.45) is 2.01. The predicted octanol–water partition coefficient (Wildman–Crippen LogP) is 0.938. The molecule has 0 unspecified atom stereocenters. The Balaban J connectivity index is 2.18. The number of carbonyl (C=O) groups excluding carboxylic acids is 1. The summed E-state index contributed by atoms with van der Waals surface area (Å²) in [6, 6.07) is -0.0382. The second kappa shape index (κ2) is 4.45. The number of hydrogen-bond acceptors (Lipinski definition) is 3. The summed E-state index contributed by atoms with van der Waals surface area (Å²) in [5.74, 6) is 0.344. The molecule has 0 spiro atoms. The van der Waals surface area contributed by atoms with Crippen LogP contribution < -0.4 is 5.32 Å². The smallest absolute Gasteiger partial charge is 0.323 e. The first-order valence-electron chi connectivity index (χ1n) is 4.60. The van der Waals surface area contributed by atoms with E-state index in [1.54, 1.807) is 0 Å². The summed E-state index contributed by atoms with van der Waals surface area (Å²) in [5, 5.41) is 3.11. The highest BCUT2D eigenvalue weighted by Gasteiger charge is 2.23. The van der Waals surface area contributed by atoms with E-state index in [4.69, 9.17) is 4.74 Å². The highest BCUT2D eigenvalue weighted by molar-refractivity contribution is 5.76. The van der Waals surface area contributed by atoms with Crippen molar-refractivity contribution in [3.05, 3.63) is 0 Å². The van der Waals surface area contributed by atoms with Gasteiger partial charge in [0.25, 0.3) is 0 Å². The first-order chi connectivity index (χ1) is 5.70. The van der Waals surface area contributed by atoms with Crippen LogP contribution >= 0.6 is 0 Å². The van der Waals surface area contributed by atoms with Gasteiger partial charge >= 0.3 is 5.97 Å². The molecular formula is C9H17NO2. The van der Waals surface area contributed by atoms with Crippen LogP contribution in [0.2, 0.25) is 0 Å². The molecule has 0 aromatic carbocycles. The minimum Gasteiger partial charge on any atom is -0.464 e. The lowest BCUT2D eigenvalue weighted by Gasteiger charge is -2.11. The maximum atomic E-state index is 11.3. The Morgan fingerprint density at radius 3 is 2.92 bits per heavy atom. The quantitative estimate of drug-likeness (QED) is 0.642. The number of rotatable bonds is 3. The molecule has 3 heteroatoms. The van der Waals surface area contributed by atoms with E-state index in [-0.39, 0.29) is 12.0 Å². The average molecular weight is 171 g/mol. The Morgan fingerprint density at radius 1 is 1.67 bits per heavy atom. The summed E-state index contributed by atoms with van der Waals surface area (Å²) in [6.45, 7) is 5.56. The molecule has 0 aliphatic carbocycles. The third kappa shape index (κ3) is 2.81. The van der Waals surface area contributed by atoms with Crippen molar-refractivity contribution in [3.63, 3.8) is 0 Å². The molecule has 0 aromatic heterocycles. The molecule has 0 amide bonds. The Kier molecular flexibility index (Phi) is 3.53. The highest BCUT2D eigenvalue weighted by Crippen LogP contribution is 2.07. The SMILES string of the molecule is CC(C)COC(=O)[C@H]1CCCN1. The van der Waals surface area contributed by atoms with E-state index in [2.05, 4.69) is 5.32 Å². The van der Waals surface area contributed by atoms with E-state index in [9.17, 15) is 4.79 Å². The van der Waals surface area contributed by atoms with Gasteiger partial charge in [0.2, 0.25) is 0 Å². The maximum absolute atomic E-state index is 11.3. The zero-order valence-corrected chi connectivity index (χ0v) is 7.80. The third-order valence-corrected chi connectivity index (χ3v) is 1.90. The number of carbonyl (C=O) groups is 1. The van der Waals surface area contributed by atoms with Crippen molar-refractivity contribution >= 4 is 5.97 Å². The molecule has 70 valence electrons. The van der Waals surface area contributed by atoms with E-state index in [0.717, 1.165) is 19.4 Å². The normalized spacial score (nSPS) is 23.1. The summed E-state index contributed by atoms with van der Waals surface area (Å²) < 4.78 is 5.09. The van der Waals surface area contributed by atoms with Crippen LogP contribution in [0.1, 0.15) is 26.7 Å². The lowest BCUT2D eigenvalue weighted by Crippen LogP contribution is -2.33. The number of ether oxygens (including phenoxy) is 1. The Hall–Kier alpha value is -0.570. The molecule has 0 aromatic rings. The van der Waals surface area contributed by atoms with Gasteiger partial charge in [-0.15, -0.1) is 0 Å². The van der Waals surface area contributed by atoms with Crippen LogP contribution in [0.15, 0.2) is 0 Å². The average Bonchev–Trinajstić information content (AvgIpc) is 2.51. The van der Waals surface area contributed by atoms with Crippen molar-refractivity contribution in [2.75, 3.05) is 13.2 Å². The van der Waals surface area contributed by atoms with Gasteiger partial charge in [0, 0.05) is 0 Å². The van der Waals surface area contributed by atoms with Crippen molar-refractivity contribution < 1.29 is 9.53 Å². The highest BCUT2D eigenvalue weighted by atomic mass is 16.5. The predicted molar refractivity (Wildman–Crippen MR) is 46.8 cm³/mol. The topological polar surface area (TPSA) is 38.3 Å². The minimum absolute atomic E-state index is 0.0382. The van der Waals surface area contributed by atoms with Gasteiger partial charge in [-0.2, -0.15) is 0 Å². The van der Waals surface area contributed by atoms with Gasteiger partial charge < -0.3 is 10.1 Å². The van der Waals surface area contributed by atoms with Crippen LogP contribution in [0.3, 0.4) is 0 Å². The van der Waals surface area contributed by atoms with Crippen LogP contribution in [0.5, 0.6) is 0 Å². The van der Waals surface area contributed by atoms with Crippen molar-refractivity contribution in [2.45, 2.75) is 32.7 Å². The minimum atomic E-state index is -0.0822. The largest absolute Gasteiger partial charge is 0.464 e. The van der Waals surface area contributed by atoms with Gasteiger partial charge in [0.05, 0.1) is 6.61 Å². The van der Waals surface area contributed by atoms with Crippen molar-refractivity contribution in [1.82, 2.24) is 5.32 Å². The first-order valence-corrected chi connectivity index (χ1v) is 4.60. The molecule has 1 heterocycles. The second-order valence-corrected chi connectivity index (χ2v) is 3.67. The molecule has 12 heavy (non-hydrogen) atoms. The van der Waals surface area contributed by atoms with Crippen molar-refractivity contribution in [2.24, 2.45) is 5.92 Å². The molecule has 1 aliphatic rings. The number of esters is 1. The van der Waals surface area contributed by atoms with Crippen LogP contribution in [-0.2, 0) is 9.53 Å². The van der Waals surface area contributed by atoms with Crippen molar-refractivity contribution in [1.29, 1.82) is 0 Å². The van der Waals surface area contributed by atoms with Crippen LogP contribution in [0.4, 0.5) is 0 Å². The monoisotopic (exact) mass is 171 g/mol. The van der Waals surface area contributed by atoms with E-state index in [1.165, 1.54) is 0 Å². The molecule has 1 saturated heterocycles. The molecular weight excluding hydrogens is 154 g/mol. The van der Waals surface area contributed by atoms with Gasteiger partial charge in [-0.25, -0.2) is 0 Å². The second-order valence-electron chi connectivity index (χ2n) is 3.67. The fourth-order valence-electron chi connectivity index (χ4n) is 1.24. The Labute approximate surface area is 73.5 Å². The summed E-state index contributed by atoms with van der Waals surface area (Å²) in [4.78, 5) is 11.3. The molecule has 3 nitrogen and oxygen atoms in total. The summed E-state index contributed by atoms with van der Waals surface area (Å²) in [7, 11) is 0. The lowest BCUT2D eigenvalue weighted by molar-refractivity contribution is -0.146. The van der Waals surface area contributed by atoms with Gasteiger partial charge in [-0.05, 0) is 25.3 Å². The van der Waals surface area contributed by atoms with Gasteiger partial charge in [0.1, 0.15) is 6.04 Å². The zero-order chi connectivity index (χ0) is 8.97. The maximum Gasteiger partial charge on any atom is 0.323 e. The summed E-state index contributed by atoms with van der Waals surface area (Å²) in [5.41, 5.74) is 0. The Bertz CT molecular complexity index is 151. The lowest BCUT2D eigenvalue weighted by atomic mass is 10.2. The van der Waals surface area contributed by atoms with Crippen LogP contribution in [0.25, 0.3) is 0 Å². The van der Waals surface area contributed by atoms with Crippen LogP contribution in [-0.4, -0.2) is 25.2 Å². The van der Waals surface area contributed by atoms with E-state index >= 15 is 0 Å². The van der Waals surface area contributed by atoms with E-state index in [1.807, 2.05) is 13.8 Å². The number of nitrogens with one attached hydrogen (secondary N) is 1. The van der Waals surface area contributed by atoms with Crippen LogP contribution in [0, 0.1) is 5.92 Å². The fourth-order valence-corrected chi connectivity index (χ4v) is 1.24. The Morgan fingerprint density at radius 2 is 2.42 bits per heavy atom. The van der Waals surface area contributed by atoms with Gasteiger partial charge in [0.15, 0.2) is 0 Å². The third-order valence-electron chi connectivity index (χ3n) is 1.90. The van der Waals surface area contributed by atoms with E-state index in [0.29, 0.717) is 12.5 Å². The molecule has 0 saturated carbocycles. The zero-order valence-electron chi connectivity index (χ0n) is 7.80. The molecule has 1 aliphatic heterocycles.